The fraction of sp³-hybridized carbons (Fsp3) is 0.421. The number of carbonyl (C=O) groups is 1. The number of aromatic nitrogens is 2. The highest BCUT2D eigenvalue weighted by Crippen LogP contribution is 2.32. The predicted octanol–water partition coefficient (Wildman–Crippen LogP) is 4.00. The van der Waals surface area contributed by atoms with Crippen molar-refractivity contribution in [1.29, 1.82) is 0 Å². The van der Waals surface area contributed by atoms with Crippen LogP contribution in [0.5, 0.6) is 5.75 Å². The van der Waals surface area contributed by atoms with Gasteiger partial charge in [-0.05, 0) is 38.5 Å². The van der Waals surface area contributed by atoms with Crippen molar-refractivity contribution >= 4 is 11.8 Å². The molecule has 0 atom stereocenters. The fourth-order valence-corrected chi connectivity index (χ4v) is 2.42. The summed E-state index contributed by atoms with van der Waals surface area (Å²) in [6.45, 7) is 13.1. The summed E-state index contributed by atoms with van der Waals surface area (Å²) < 4.78 is 26.0. The molecule has 8 heteroatoms. The Morgan fingerprint density at radius 1 is 1.37 bits per heavy atom. The molecule has 1 aromatic carbocycles. The molecule has 0 bridgehead atoms. The number of rotatable bonds is 5. The average molecular weight is 374 g/mol. The summed E-state index contributed by atoms with van der Waals surface area (Å²) in [5, 5.41) is 4.24. The quantitative estimate of drug-likeness (QED) is 0.743. The van der Waals surface area contributed by atoms with Crippen molar-refractivity contribution in [2.24, 2.45) is 0 Å². The lowest BCUT2D eigenvalue weighted by molar-refractivity contribution is 0.0285. The van der Waals surface area contributed by atoms with Gasteiger partial charge in [0, 0.05) is 18.8 Å². The van der Waals surface area contributed by atoms with Gasteiger partial charge in [-0.2, -0.15) is 5.10 Å². The van der Waals surface area contributed by atoms with Crippen LogP contribution in [0.3, 0.4) is 0 Å². The van der Waals surface area contributed by atoms with E-state index in [0.717, 1.165) is 5.56 Å². The number of hydrogen-bond donors (Lipinski definition) is 0. The van der Waals surface area contributed by atoms with Gasteiger partial charge >= 0.3 is 6.09 Å². The predicted molar refractivity (Wildman–Crippen MR) is 98.2 cm³/mol. The minimum absolute atomic E-state index is 0.138. The van der Waals surface area contributed by atoms with E-state index in [1.807, 2.05) is 20.8 Å². The van der Waals surface area contributed by atoms with Gasteiger partial charge in [-0.3, -0.25) is 4.68 Å². The zero-order chi connectivity index (χ0) is 20.2. The molecule has 0 saturated carbocycles. The Labute approximate surface area is 158 Å². The second kappa shape index (κ2) is 8.08. The summed E-state index contributed by atoms with van der Waals surface area (Å²) in [7, 11) is 3.04. The summed E-state index contributed by atoms with van der Waals surface area (Å²) >= 11 is 0. The molecule has 1 heterocycles. The largest absolute Gasteiger partial charge is 0.508 e. The molecule has 144 valence electrons. The van der Waals surface area contributed by atoms with Gasteiger partial charge in [0.25, 0.3) is 5.69 Å². The number of methoxy groups -OCH3 is 1. The monoisotopic (exact) mass is 374 g/mol. The highest BCUT2D eigenvalue weighted by atomic mass is 19.1. The van der Waals surface area contributed by atoms with Gasteiger partial charge in [0.15, 0.2) is 0 Å². The van der Waals surface area contributed by atoms with Crippen LogP contribution < -0.4 is 4.74 Å². The fourth-order valence-electron chi connectivity index (χ4n) is 2.42. The first-order chi connectivity index (χ1) is 12.6. The number of nitrogens with zero attached hydrogens (tertiary/aromatic N) is 4. The maximum Gasteiger partial charge on any atom is 0.410 e. The van der Waals surface area contributed by atoms with Crippen LogP contribution in [-0.2, 0) is 17.8 Å². The lowest BCUT2D eigenvalue weighted by Crippen LogP contribution is -2.33. The molecule has 0 spiro atoms. The zero-order valence-corrected chi connectivity index (χ0v) is 16.1. The maximum atomic E-state index is 14.0. The van der Waals surface area contributed by atoms with E-state index >= 15 is 0 Å². The normalized spacial score (nSPS) is 11.0. The van der Waals surface area contributed by atoms with Crippen molar-refractivity contribution in [3.05, 3.63) is 52.9 Å². The molecule has 0 aliphatic rings. The van der Waals surface area contributed by atoms with Gasteiger partial charge in [-0.15, -0.1) is 0 Å². The second-order valence-corrected chi connectivity index (χ2v) is 7.12. The summed E-state index contributed by atoms with van der Waals surface area (Å²) in [6.07, 6.45) is 2.99. The molecule has 1 aromatic heterocycles. The number of benzene rings is 1. The van der Waals surface area contributed by atoms with Gasteiger partial charge in [0.1, 0.15) is 17.2 Å². The van der Waals surface area contributed by atoms with Gasteiger partial charge in [0.2, 0.25) is 0 Å². The topological polar surface area (TPSA) is 61.0 Å². The molecule has 27 heavy (non-hydrogen) atoms. The van der Waals surface area contributed by atoms with E-state index in [9.17, 15) is 9.18 Å². The Bertz CT molecular complexity index is 865. The van der Waals surface area contributed by atoms with E-state index in [1.165, 1.54) is 18.1 Å². The van der Waals surface area contributed by atoms with E-state index in [-0.39, 0.29) is 11.4 Å². The van der Waals surface area contributed by atoms with Crippen molar-refractivity contribution in [3.63, 3.8) is 0 Å². The first-order valence-corrected chi connectivity index (χ1v) is 8.32. The molecule has 1 amide bonds. The SMILES string of the molecule is [C-]#[N+]c1c(F)cc(Cn2cc(CN(C)C(=O)OC(C)(C)C)cn2)cc1OC. The first kappa shape index (κ1) is 20.2. The third-order valence-corrected chi connectivity index (χ3v) is 3.58. The molecule has 0 saturated heterocycles. The molecule has 0 aliphatic carbocycles. The van der Waals surface area contributed by atoms with Crippen molar-refractivity contribution in [1.82, 2.24) is 14.7 Å². The van der Waals surface area contributed by atoms with Crippen LogP contribution in [0.2, 0.25) is 0 Å². The molecular weight excluding hydrogens is 351 g/mol. The smallest absolute Gasteiger partial charge is 0.410 e. The van der Waals surface area contributed by atoms with Crippen molar-refractivity contribution in [2.75, 3.05) is 14.2 Å². The molecule has 2 aromatic rings. The van der Waals surface area contributed by atoms with Crippen LogP contribution in [0, 0.1) is 12.4 Å². The summed E-state index contributed by atoms with van der Waals surface area (Å²) in [5.41, 5.74) is 0.734. The van der Waals surface area contributed by atoms with E-state index in [1.54, 1.807) is 30.2 Å². The van der Waals surface area contributed by atoms with Crippen LogP contribution in [-0.4, -0.2) is 40.5 Å². The van der Waals surface area contributed by atoms with E-state index in [0.29, 0.717) is 18.7 Å². The average Bonchev–Trinajstić information content (AvgIpc) is 2.99. The summed E-state index contributed by atoms with van der Waals surface area (Å²) in [6, 6.07) is 2.91. The maximum absolute atomic E-state index is 14.0. The van der Waals surface area contributed by atoms with E-state index < -0.39 is 17.5 Å². The Balaban J connectivity index is 2.07. The number of amides is 1. The van der Waals surface area contributed by atoms with Crippen LogP contribution in [0.4, 0.5) is 14.9 Å². The lowest BCUT2D eigenvalue weighted by Gasteiger charge is -2.24. The van der Waals surface area contributed by atoms with Crippen LogP contribution in [0.25, 0.3) is 4.85 Å². The van der Waals surface area contributed by atoms with Gasteiger partial charge in [0.05, 0.1) is 33.0 Å². The lowest BCUT2D eigenvalue weighted by atomic mass is 10.1. The highest BCUT2D eigenvalue weighted by molar-refractivity contribution is 5.67. The van der Waals surface area contributed by atoms with Crippen molar-refractivity contribution < 1.29 is 18.7 Å². The molecule has 7 nitrogen and oxygen atoms in total. The van der Waals surface area contributed by atoms with Gasteiger partial charge in [-0.1, -0.05) is 0 Å². The molecule has 0 fully saturated rings. The molecule has 0 N–H and O–H groups in total. The number of halogens is 1. The molecule has 0 unspecified atom stereocenters. The molecular formula is C19H23FN4O3. The van der Waals surface area contributed by atoms with Crippen molar-refractivity contribution in [3.8, 4) is 5.75 Å². The van der Waals surface area contributed by atoms with Gasteiger partial charge < -0.3 is 14.4 Å². The Hall–Kier alpha value is -3.08. The zero-order valence-electron chi connectivity index (χ0n) is 16.1. The van der Waals surface area contributed by atoms with Crippen LogP contribution >= 0.6 is 0 Å². The Kier molecular flexibility index (Phi) is 6.05. The number of ether oxygens (including phenoxy) is 2. The van der Waals surface area contributed by atoms with E-state index in [2.05, 4.69) is 9.94 Å². The number of carbonyl (C=O) groups excluding carboxylic acids is 1. The second-order valence-electron chi connectivity index (χ2n) is 7.12. The minimum Gasteiger partial charge on any atom is -0.508 e. The first-order valence-electron chi connectivity index (χ1n) is 8.32. The summed E-state index contributed by atoms with van der Waals surface area (Å²) in [5.74, 6) is -0.437. The highest BCUT2D eigenvalue weighted by Gasteiger charge is 2.20. The third kappa shape index (κ3) is 5.45. The Morgan fingerprint density at radius 3 is 2.67 bits per heavy atom. The standard InChI is InChI=1S/C19H23FN4O3/c1-19(2,3)27-18(25)23(5)10-14-9-22-24(12-14)11-13-7-15(20)17(21-4)16(8-13)26-6/h7-9,12H,10-11H2,1-3,5-6H3. The summed E-state index contributed by atoms with van der Waals surface area (Å²) in [4.78, 5) is 16.6. The molecule has 0 aliphatic heterocycles. The third-order valence-electron chi connectivity index (χ3n) is 3.58. The van der Waals surface area contributed by atoms with Gasteiger partial charge in [-0.25, -0.2) is 14.0 Å². The minimum atomic E-state index is -0.628. The molecule has 2 rings (SSSR count). The van der Waals surface area contributed by atoms with Crippen LogP contribution in [0.15, 0.2) is 24.5 Å². The molecule has 0 radical (unpaired) electrons. The Morgan fingerprint density at radius 2 is 2.07 bits per heavy atom. The van der Waals surface area contributed by atoms with Crippen LogP contribution in [0.1, 0.15) is 31.9 Å². The van der Waals surface area contributed by atoms with Crippen molar-refractivity contribution in [2.45, 2.75) is 39.5 Å². The van der Waals surface area contributed by atoms with E-state index in [4.69, 9.17) is 16.0 Å². The number of hydrogen-bond acceptors (Lipinski definition) is 4.